The van der Waals surface area contributed by atoms with Gasteiger partial charge in [0.15, 0.2) is 0 Å². The third-order valence-electron chi connectivity index (χ3n) is 3.05. The van der Waals surface area contributed by atoms with Crippen molar-refractivity contribution >= 4 is 20.9 Å². The highest BCUT2D eigenvalue weighted by Crippen LogP contribution is 2.22. The molecule has 0 fully saturated rings. The molecule has 104 valence electrons. The van der Waals surface area contributed by atoms with Gasteiger partial charge in [0, 0.05) is 23.7 Å². The normalized spacial score (nSPS) is 12.1. The highest BCUT2D eigenvalue weighted by atomic mass is 32.2. The van der Waals surface area contributed by atoms with E-state index in [1.165, 1.54) is 0 Å². The molecule has 0 unspecified atom stereocenters. The number of nitrogens with two attached hydrogens (primary N) is 1. The zero-order valence-corrected chi connectivity index (χ0v) is 11.4. The Labute approximate surface area is 112 Å². The minimum atomic E-state index is -3.51. The van der Waals surface area contributed by atoms with Gasteiger partial charge in [-0.2, -0.15) is 0 Å². The first-order valence-corrected chi connectivity index (χ1v) is 7.91. The molecule has 1 aromatic carbocycles. The molecule has 19 heavy (non-hydrogen) atoms. The smallest absolute Gasteiger partial charge is 0.213 e. The van der Waals surface area contributed by atoms with Crippen LogP contribution in [0.25, 0.3) is 10.9 Å². The van der Waals surface area contributed by atoms with Crippen LogP contribution in [0.15, 0.2) is 24.4 Å². The van der Waals surface area contributed by atoms with Gasteiger partial charge < -0.3 is 10.1 Å². The summed E-state index contributed by atoms with van der Waals surface area (Å²) in [5.74, 6) is -0.149. The lowest BCUT2D eigenvalue weighted by molar-refractivity contribution is 0.284. The standard InChI is InChI=1S/C13H18N2O3S/c14-19(17,18)9-10-4-5-13-12(7-10)11(8-15-13)3-1-2-6-16/h4-5,7-8,15-16H,1-3,6,9H2,(H2,14,17,18). The summed E-state index contributed by atoms with van der Waals surface area (Å²) in [5.41, 5.74) is 2.81. The Bertz CT molecular complexity index is 662. The van der Waals surface area contributed by atoms with Gasteiger partial charge in [-0.25, -0.2) is 13.6 Å². The molecule has 0 bridgehead atoms. The molecule has 0 aliphatic heterocycles. The fraction of sp³-hybridized carbons (Fsp3) is 0.385. The maximum absolute atomic E-state index is 11.1. The van der Waals surface area contributed by atoms with Crippen LogP contribution in [0.5, 0.6) is 0 Å². The van der Waals surface area contributed by atoms with E-state index in [2.05, 4.69) is 4.98 Å². The molecule has 6 heteroatoms. The van der Waals surface area contributed by atoms with E-state index in [1.54, 1.807) is 6.07 Å². The van der Waals surface area contributed by atoms with Crippen LogP contribution in [-0.4, -0.2) is 25.1 Å². The first-order valence-electron chi connectivity index (χ1n) is 6.20. The van der Waals surface area contributed by atoms with Crippen LogP contribution in [0.4, 0.5) is 0 Å². The Morgan fingerprint density at radius 3 is 2.74 bits per heavy atom. The Balaban J connectivity index is 2.26. The van der Waals surface area contributed by atoms with Gasteiger partial charge in [0.05, 0.1) is 5.75 Å². The van der Waals surface area contributed by atoms with Crippen LogP contribution in [-0.2, 0) is 22.2 Å². The molecule has 2 aromatic rings. The molecule has 5 nitrogen and oxygen atoms in total. The Hall–Kier alpha value is -1.37. The number of nitrogens with one attached hydrogen (secondary N) is 1. The minimum absolute atomic E-state index is 0.149. The lowest BCUT2D eigenvalue weighted by atomic mass is 10.1. The first kappa shape index (κ1) is 14.0. The number of aryl methyl sites for hydroxylation is 1. The van der Waals surface area contributed by atoms with Crippen LogP contribution >= 0.6 is 0 Å². The van der Waals surface area contributed by atoms with Gasteiger partial charge in [0.25, 0.3) is 0 Å². The monoisotopic (exact) mass is 282 g/mol. The molecule has 0 spiro atoms. The van der Waals surface area contributed by atoms with Gasteiger partial charge in [0.2, 0.25) is 10.0 Å². The van der Waals surface area contributed by atoms with Crippen molar-refractivity contribution in [2.24, 2.45) is 5.14 Å². The number of aliphatic hydroxyl groups is 1. The minimum Gasteiger partial charge on any atom is -0.396 e. The number of hydrogen-bond acceptors (Lipinski definition) is 3. The fourth-order valence-electron chi connectivity index (χ4n) is 2.18. The summed E-state index contributed by atoms with van der Waals surface area (Å²) < 4.78 is 22.2. The van der Waals surface area contributed by atoms with E-state index in [1.807, 2.05) is 18.3 Å². The predicted molar refractivity (Wildman–Crippen MR) is 75.1 cm³/mol. The summed E-state index contributed by atoms with van der Waals surface area (Å²) in [6, 6.07) is 5.50. The van der Waals surface area contributed by atoms with E-state index in [4.69, 9.17) is 10.2 Å². The van der Waals surface area contributed by atoms with Crippen molar-refractivity contribution in [2.75, 3.05) is 6.61 Å². The summed E-state index contributed by atoms with van der Waals surface area (Å²) in [4.78, 5) is 3.16. The molecular formula is C13H18N2O3S. The molecule has 0 saturated carbocycles. The number of benzene rings is 1. The summed E-state index contributed by atoms with van der Waals surface area (Å²) in [7, 11) is -3.51. The molecule has 0 radical (unpaired) electrons. The molecular weight excluding hydrogens is 264 g/mol. The van der Waals surface area contributed by atoms with Crippen molar-refractivity contribution in [1.29, 1.82) is 0 Å². The summed E-state index contributed by atoms with van der Waals surface area (Å²) in [6.07, 6.45) is 4.47. The number of unbranched alkanes of at least 4 members (excludes halogenated alkanes) is 1. The second-order valence-corrected chi connectivity index (χ2v) is 6.30. The fourth-order valence-corrected chi connectivity index (χ4v) is 2.83. The second kappa shape index (κ2) is 5.73. The molecule has 0 amide bonds. The number of aromatic nitrogens is 1. The van der Waals surface area contributed by atoms with E-state index in [9.17, 15) is 8.42 Å². The van der Waals surface area contributed by atoms with Gasteiger partial charge in [-0.15, -0.1) is 0 Å². The largest absolute Gasteiger partial charge is 0.396 e. The lowest BCUT2D eigenvalue weighted by Crippen LogP contribution is -2.14. The zero-order valence-electron chi connectivity index (χ0n) is 10.6. The highest BCUT2D eigenvalue weighted by Gasteiger charge is 2.08. The predicted octanol–water partition coefficient (Wildman–Crippen LogP) is 1.27. The van der Waals surface area contributed by atoms with Crippen LogP contribution in [0.3, 0.4) is 0 Å². The van der Waals surface area contributed by atoms with Crippen LogP contribution in [0.1, 0.15) is 24.0 Å². The van der Waals surface area contributed by atoms with Crippen molar-refractivity contribution in [2.45, 2.75) is 25.0 Å². The molecule has 0 aliphatic rings. The van der Waals surface area contributed by atoms with E-state index in [0.29, 0.717) is 5.56 Å². The van der Waals surface area contributed by atoms with Gasteiger partial charge >= 0.3 is 0 Å². The molecule has 2 rings (SSSR count). The maximum atomic E-state index is 11.1. The summed E-state index contributed by atoms with van der Waals surface area (Å²) in [6.45, 7) is 0.193. The number of H-pyrrole nitrogens is 1. The number of rotatable bonds is 6. The number of aliphatic hydroxyl groups excluding tert-OH is 1. The van der Waals surface area contributed by atoms with Crippen LogP contribution in [0.2, 0.25) is 0 Å². The topological polar surface area (TPSA) is 96.2 Å². The number of sulfonamides is 1. The van der Waals surface area contributed by atoms with Crippen LogP contribution in [0, 0.1) is 0 Å². The quantitative estimate of drug-likeness (QED) is 0.696. The average molecular weight is 282 g/mol. The van der Waals surface area contributed by atoms with E-state index in [0.717, 1.165) is 35.7 Å². The lowest BCUT2D eigenvalue weighted by Gasteiger charge is -2.02. The summed E-state index contributed by atoms with van der Waals surface area (Å²) >= 11 is 0. The number of primary sulfonamides is 1. The third-order valence-corrected chi connectivity index (χ3v) is 3.79. The van der Waals surface area contributed by atoms with E-state index >= 15 is 0 Å². The Morgan fingerprint density at radius 2 is 2.05 bits per heavy atom. The number of hydrogen-bond donors (Lipinski definition) is 3. The molecule has 1 aromatic heterocycles. The SMILES string of the molecule is NS(=O)(=O)Cc1ccc2[nH]cc(CCCCO)c2c1. The van der Waals surface area contributed by atoms with Crippen molar-refractivity contribution in [3.63, 3.8) is 0 Å². The second-order valence-electron chi connectivity index (χ2n) is 4.68. The molecule has 0 atom stereocenters. The van der Waals surface area contributed by atoms with E-state index < -0.39 is 10.0 Å². The van der Waals surface area contributed by atoms with Crippen molar-refractivity contribution in [1.82, 2.24) is 4.98 Å². The number of aromatic amines is 1. The first-order chi connectivity index (χ1) is 8.99. The molecule has 0 aliphatic carbocycles. The van der Waals surface area contributed by atoms with Crippen molar-refractivity contribution in [3.8, 4) is 0 Å². The van der Waals surface area contributed by atoms with Gasteiger partial charge in [-0.1, -0.05) is 6.07 Å². The number of fused-ring (bicyclic) bond motifs is 1. The Morgan fingerprint density at radius 1 is 1.26 bits per heavy atom. The molecule has 1 heterocycles. The third kappa shape index (κ3) is 3.79. The van der Waals surface area contributed by atoms with Gasteiger partial charge in [-0.3, -0.25) is 0 Å². The highest BCUT2D eigenvalue weighted by molar-refractivity contribution is 7.88. The Kier molecular flexibility index (Phi) is 4.24. The van der Waals surface area contributed by atoms with Gasteiger partial charge in [-0.05, 0) is 42.5 Å². The zero-order chi connectivity index (χ0) is 13.9. The average Bonchev–Trinajstić information content (AvgIpc) is 2.70. The van der Waals surface area contributed by atoms with Crippen molar-refractivity contribution in [3.05, 3.63) is 35.5 Å². The molecule has 4 N–H and O–H groups in total. The molecule has 0 saturated heterocycles. The summed E-state index contributed by atoms with van der Waals surface area (Å²) in [5, 5.41) is 14.9. The van der Waals surface area contributed by atoms with Crippen LogP contribution < -0.4 is 5.14 Å². The maximum Gasteiger partial charge on any atom is 0.213 e. The van der Waals surface area contributed by atoms with Crippen molar-refractivity contribution < 1.29 is 13.5 Å². The van der Waals surface area contributed by atoms with Gasteiger partial charge in [0.1, 0.15) is 0 Å². The van der Waals surface area contributed by atoms with E-state index in [-0.39, 0.29) is 12.4 Å².